The van der Waals surface area contributed by atoms with Crippen LogP contribution in [0.15, 0.2) is 29.5 Å². The highest BCUT2D eigenvalue weighted by atomic mass is 16.5. The molecule has 1 aliphatic rings. The van der Waals surface area contributed by atoms with E-state index < -0.39 is 6.03 Å². The third kappa shape index (κ3) is 3.00. The van der Waals surface area contributed by atoms with E-state index in [0.29, 0.717) is 24.7 Å². The molecule has 1 fully saturated rings. The summed E-state index contributed by atoms with van der Waals surface area (Å²) in [6.45, 7) is 1.21. The number of nitrogens with zero attached hydrogens (tertiary/aromatic N) is 2. The molecule has 0 saturated carbocycles. The number of amides is 2. The molecule has 0 unspecified atom stereocenters. The Bertz CT molecular complexity index is 460. The number of ether oxygens (including phenoxy) is 2. The Hall–Kier alpha value is -2.15. The van der Waals surface area contributed by atoms with E-state index in [-0.39, 0.29) is 6.10 Å². The molecule has 7 heteroatoms. The zero-order valence-corrected chi connectivity index (χ0v) is 10.6. The second-order valence-electron chi connectivity index (χ2n) is 4.04. The first-order chi connectivity index (χ1) is 9.26. The van der Waals surface area contributed by atoms with Crippen molar-refractivity contribution in [3.63, 3.8) is 0 Å². The molecule has 2 rings (SSSR count). The van der Waals surface area contributed by atoms with Crippen molar-refractivity contribution in [2.45, 2.75) is 12.5 Å². The number of para-hydroxylation sites is 2. The van der Waals surface area contributed by atoms with Crippen molar-refractivity contribution in [1.82, 2.24) is 5.32 Å². The van der Waals surface area contributed by atoms with Crippen LogP contribution in [0, 0.1) is 5.53 Å². The third-order valence-electron chi connectivity index (χ3n) is 2.78. The molecule has 0 aromatic heterocycles. The number of carbonyl (C=O) groups is 1. The number of benzene rings is 1. The molecular formula is C12H16N4O3. The van der Waals surface area contributed by atoms with Gasteiger partial charge in [0.1, 0.15) is 17.5 Å². The molecule has 1 atom stereocenters. The molecule has 19 heavy (non-hydrogen) atoms. The van der Waals surface area contributed by atoms with Crippen LogP contribution < -0.4 is 15.1 Å². The standard InChI is InChI=1S/C12H16N4O3/c1-14-12(17)16(15-13)10-4-2-3-5-11(10)19-9-6-7-18-8-9/h2-5,9,13H,6-8H2,1H3,(H,14,17)/t9-/m0/s1. The van der Waals surface area contributed by atoms with Crippen LogP contribution in [0.1, 0.15) is 6.42 Å². The molecule has 102 valence electrons. The molecule has 7 nitrogen and oxygen atoms in total. The number of hydrogen-bond donors (Lipinski definition) is 2. The Labute approximate surface area is 111 Å². The van der Waals surface area contributed by atoms with Crippen molar-refractivity contribution in [3.05, 3.63) is 24.3 Å². The highest BCUT2D eigenvalue weighted by Crippen LogP contribution is 2.30. The summed E-state index contributed by atoms with van der Waals surface area (Å²) in [6.07, 6.45) is 0.783. The van der Waals surface area contributed by atoms with Crippen LogP contribution in [0.3, 0.4) is 0 Å². The maximum Gasteiger partial charge on any atom is 0.343 e. The Morgan fingerprint density at radius 1 is 1.58 bits per heavy atom. The van der Waals surface area contributed by atoms with E-state index in [0.717, 1.165) is 11.4 Å². The van der Waals surface area contributed by atoms with Crippen molar-refractivity contribution in [2.75, 3.05) is 25.3 Å². The summed E-state index contributed by atoms with van der Waals surface area (Å²) in [6, 6.07) is 6.50. The average Bonchev–Trinajstić information content (AvgIpc) is 2.94. The van der Waals surface area contributed by atoms with E-state index in [1.807, 2.05) is 0 Å². The lowest BCUT2D eigenvalue weighted by atomic mass is 10.2. The van der Waals surface area contributed by atoms with Crippen molar-refractivity contribution in [1.29, 1.82) is 5.53 Å². The Kier molecular flexibility index (Phi) is 4.30. The number of urea groups is 1. The Balaban J connectivity index is 2.23. The highest BCUT2D eigenvalue weighted by molar-refractivity contribution is 5.92. The zero-order chi connectivity index (χ0) is 13.7. The van der Waals surface area contributed by atoms with Gasteiger partial charge in [-0.1, -0.05) is 17.4 Å². The molecule has 2 N–H and O–H groups in total. The molecule has 0 bridgehead atoms. The number of nitrogens with one attached hydrogen (secondary N) is 2. The van der Waals surface area contributed by atoms with Gasteiger partial charge >= 0.3 is 6.03 Å². The van der Waals surface area contributed by atoms with Gasteiger partial charge in [-0.3, -0.25) is 0 Å². The van der Waals surface area contributed by atoms with Gasteiger partial charge in [-0.2, -0.15) is 10.5 Å². The van der Waals surface area contributed by atoms with Gasteiger partial charge in [0, 0.05) is 13.5 Å². The summed E-state index contributed by atoms with van der Waals surface area (Å²) in [5.74, 6) is 0.512. The topological polar surface area (TPSA) is 87.0 Å². The largest absolute Gasteiger partial charge is 0.486 e. The van der Waals surface area contributed by atoms with Crippen LogP contribution in [0.4, 0.5) is 10.5 Å². The van der Waals surface area contributed by atoms with Gasteiger partial charge in [0.25, 0.3) is 0 Å². The summed E-state index contributed by atoms with van der Waals surface area (Å²) in [7, 11) is 1.48. The monoisotopic (exact) mass is 264 g/mol. The molecule has 1 aromatic carbocycles. The minimum absolute atomic E-state index is 0.0292. The Morgan fingerprint density at radius 2 is 2.37 bits per heavy atom. The van der Waals surface area contributed by atoms with Crippen LogP contribution in [-0.4, -0.2) is 32.4 Å². The van der Waals surface area contributed by atoms with Gasteiger partial charge in [-0.05, 0) is 12.1 Å². The van der Waals surface area contributed by atoms with E-state index in [9.17, 15) is 4.79 Å². The second kappa shape index (κ2) is 6.14. The van der Waals surface area contributed by atoms with Crippen LogP contribution in [0.25, 0.3) is 0 Å². The molecule has 1 aliphatic heterocycles. The molecular weight excluding hydrogens is 248 g/mol. The molecule has 0 spiro atoms. The summed E-state index contributed by atoms with van der Waals surface area (Å²) in [5.41, 5.74) is 7.56. The Morgan fingerprint density at radius 3 is 3.00 bits per heavy atom. The summed E-state index contributed by atoms with van der Waals surface area (Å²) in [5, 5.41) is 6.60. The minimum Gasteiger partial charge on any atom is -0.486 e. The molecule has 0 radical (unpaired) electrons. The number of rotatable bonds is 4. The van der Waals surface area contributed by atoms with Gasteiger partial charge in [-0.15, -0.1) is 0 Å². The molecule has 2 amide bonds. The van der Waals surface area contributed by atoms with E-state index in [1.54, 1.807) is 24.3 Å². The van der Waals surface area contributed by atoms with E-state index in [1.165, 1.54) is 7.05 Å². The molecule has 1 aromatic rings. The van der Waals surface area contributed by atoms with Gasteiger partial charge in [0.05, 0.1) is 13.2 Å². The first-order valence-electron chi connectivity index (χ1n) is 5.99. The number of carbonyl (C=O) groups excluding carboxylic acids is 1. The molecule has 1 saturated heterocycles. The summed E-state index contributed by atoms with van der Waals surface area (Å²) < 4.78 is 11.0. The van der Waals surface area contributed by atoms with Crippen molar-refractivity contribution >= 4 is 11.7 Å². The fourth-order valence-corrected chi connectivity index (χ4v) is 1.83. The van der Waals surface area contributed by atoms with E-state index >= 15 is 0 Å². The van der Waals surface area contributed by atoms with Crippen LogP contribution in [0.2, 0.25) is 0 Å². The molecule has 1 heterocycles. The third-order valence-corrected chi connectivity index (χ3v) is 2.78. The van der Waals surface area contributed by atoms with Gasteiger partial charge in [0.15, 0.2) is 0 Å². The predicted molar refractivity (Wildman–Crippen MR) is 68.4 cm³/mol. The van der Waals surface area contributed by atoms with Crippen molar-refractivity contribution in [2.24, 2.45) is 5.22 Å². The van der Waals surface area contributed by atoms with Crippen LogP contribution in [0.5, 0.6) is 5.75 Å². The van der Waals surface area contributed by atoms with Crippen LogP contribution in [-0.2, 0) is 4.74 Å². The first kappa shape index (κ1) is 13.3. The number of anilines is 1. The predicted octanol–water partition coefficient (Wildman–Crippen LogP) is 1.95. The maximum absolute atomic E-state index is 11.7. The van der Waals surface area contributed by atoms with E-state index in [2.05, 4.69) is 10.5 Å². The van der Waals surface area contributed by atoms with Gasteiger partial charge in [-0.25, -0.2) is 4.79 Å². The summed E-state index contributed by atoms with van der Waals surface area (Å²) >= 11 is 0. The van der Waals surface area contributed by atoms with Crippen molar-refractivity contribution in [3.8, 4) is 5.75 Å². The lowest BCUT2D eigenvalue weighted by molar-refractivity contribution is 0.141. The molecule has 0 aliphatic carbocycles. The smallest absolute Gasteiger partial charge is 0.343 e. The SMILES string of the molecule is CNC(=O)N(N=N)c1ccccc1O[C@H]1CCOC1. The highest BCUT2D eigenvalue weighted by Gasteiger charge is 2.22. The van der Waals surface area contributed by atoms with E-state index in [4.69, 9.17) is 15.0 Å². The normalized spacial score (nSPS) is 17.8. The average molecular weight is 264 g/mol. The van der Waals surface area contributed by atoms with Crippen LogP contribution >= 0.6 is 0 Å². The minimum atomic E-state index is -0.492. The summed E-state index contributed by atoms with van der Waals surface area (Å²) in [4.78, 5) is 11.7. The maximum atomic E-state index is 11.7. The fraction of sp³-hybridized carbons (Fsp3) is 0.417. The fourth-order valence-electron chi connectivity index (χ4n) is 1.83. The van der Waals surface area contributed by atoms with Gasteiger partial charge in [0.2, 0.25) is 0 Å². The first-order valence-corrected chi connectivity index (χ1v) is 5.99. The van der Waals surface area contributed by atoms with Crippen molar-refractivity contribution < 1.29 is 14.3 Å². The second-order valence-corrected chi connectivity index (χ2v) is 4.04. The quantitative estimate of drug-likeness (QED) is 0.643. The lowest BCUT2D eigenvalue weighted by Gasteiger charge is -2.20. The lowest BCUT2D eigenvalue weighted by Crippen LogP contribution is -2.34. The van der Waals surface area contributed by atoms with Gasteiger partial charge < -0.3 is 14.8 Å². The zero-order valence-electron chi connectivity index (χ0n) is 10.6. The number of hydrogen-bond acceptors (Lipinski definition) is 5.